The van der Waals surface area contributed by atoms with Crippen LogP contribution in [0, 0.1) is 0 Å². The molecular formula is C25H48BN5O6. The van der Waals surface area contributed by atoms with Crippen LogP contribution in [0.4, 0.5) is 0 Å². The summed E-state index contributed by atoms with van der Waals surface area (Å²) in [6.45, 7) is 15.6. The lowest BCUT2D eigenvalue weighted by Gasteiger charge is -2.19. The fourth-order valence-electron chi connectivity index (χ4n) is 2.54. The summed E-state index contributed by atoms with van der Waals surface area (Å²) in [5, 5.41) is 30.5. The highest BCUT2D eigenvalue weighted by Crippen LogP contribution is 2.03. The molecule has 0 aliphatic heterocycles. The molecule has 0 bridgehead atoms. The summed E-state index contributed by atoms with van der Waals surface area (Å²) in [6, 6.07) is 7.13. The van der Waals surface area contributed by atoms with Gasteiger partial charge in [-0.3, -0.25) is 19.2 Å². The zero-order valence-corrected chi connectivity index (χ0v) is 23.7. The number of nitrogens with one attached hydrogen (secondary N) is 5. The third-order valence-electron chi connectivity index (χ3n) is 4.12. The molecule has 2 unspecified atom stereocenters. The van der Waals surface area contributed by atoms with Crippen molar-refractivity contribution in [3.8, 4) is 0 Å². The van der Waals surface area contributed by atoms with Gasteiger partial charge in [-0.1, -0.05) is 78.8 Å². The van der Waals surface area contributed by atoms with Gasteiger partial charge in [0.15, 0.2) is 0 Å². The van der Waals surface area contributed by atoms with E-state index in [0.29, 0.717) is 6.54 Å². The van der Waals surface area contributed by atoms with Crippen LogP contribution in [0.15, 0.2) is 30.3 Å². The molecule has 0 saturated carbocycles. The Morgan fingerprint density at radius 2 is 1.35 bits per heavy atom. The maximum Gasteiger partial charge on any atom is 0.472 e. The largest absolute Gasteiger partial charge is 0.472 e. The van der Waals surface area contributed by atoms with Gasteiger partial charge in [0.2, 0.25) is 23.6 Å². The van der Waals surface area contributed by atoms with Crippen molar-refractivity contribution < 1.29 is 29.2 Å². The van der Waals surface area contributed by atoms with Crippen molar-refractivity contribution >= 4 is 30.7 Å². The van der Waals surface area contributed by atoms with Crippen LogP contribution in [0.25, 0.3) is 0 Å². The molecule has 0 aliphatic carbocycles. The summed E-state index contributed by atoms with van der Waals surface area (Å²) >= 11 is 0. The standard InChI is InChI=1S/C19H30BN5O6.3C2H6/c1-3-21-10-16(26)24-13(2)18(28)22-11-17(27)25-15(19(29)23-12-20(30)31)9-14-7-5-4-6-8-14;3*1-2/h4-8,13,15,21,30-31H,3,9-12H2,1-2H3,(H,22,28)(H,23,29)(H,24,26)(H,25,27);3*1-2H3. The molecule has 0 aliphatic rings. The lowest BCUT2D eigenvalue weighted by atomic mass is 9.92. The van der Waals surface area contributed by atoms with E-state index in [2.05, 4.69) is 26.6 Å². The van der Waals surface area contributed by atoms with E-state index < -0.39 is 43.5 Å². The van der Waals surface area contributed by atoms with E-state index in [9.17, 15) is 19.2 Å². The molecule has 212 valence electrons. The van der Waals surface area contributed by atoms with Crippen LogP contribution in [0.1, 0.15) is 61.0 Å². The van der Waals surface area contributed by atoms with Crippen LogP contribution < -0.4 is 26.6 Å². The number of hydrogen-bond donors (Lipinski definition) is 7. The molecule has 0 aromatic heterocycles. The first kappa shape index (κ1) is 38.6. The normalized spacial score (nSPS) is 10.8. The highest BCUT2D eigenvalue weighted by molar-refractivity contribution is 6.41. The molecular weight excluding hydrogens is 477 g/mol. The first-order valence-electron chi connectivity index (χ1n) is 13.0. The summed E-state index contributed by atoms with van der Waals surface area (Å²) in [5.41, 5.74) is 0.786. The van der Waals surface area contributed by atoms with Gasteiger partial charge in [0.05, 0.1) is 19.5 Å². The van der Waals surface area contributed by atoms with Gasteiger partial charge in [0.1, 0.15) is 12.1 Å². The third kappa shape index (κ3) is 20.9. The van der Waals surface area contributed by atoms with Crippen LogP contribution >= 0.6 is 0 Å². The summed E-state index contributed by atoms with van der Waals surface area (Å²) in [6.07, 6.45) is -0.217. The Morgan fingerprint density at radius 3 is 1.86 bits per heavy atom. The first-order chi connectivity index (χ1) is 17.7. The van der Waals surface area contributed by atoms with Gasteiger partial charge in [-0.05, 0) is 19.0 Å². The highest BCUT2D eigenvalue weighted by Gasteiger charge is 2.23. The predicted octanol–water partition coefficient (Wildman–Crippen LogP) is 0.151. The van der Waals surface area contributed by atoms with Crippen molar-refractivity contribution in [3.05, 3.63) is 35.9 Å². The average molecular weight is 526 g/mol. The fraction of sp³-hybridized carbons (Fsp3) is 0.600. The van der Waals surface area contributed by atoms with E-state index in [1.807, 2.05) is 54.5 Å². The van der Waals surface area contributed by atoms with Crippen molar-refractivity contribution in [2.75, 3.05) is 26.1 Å². The van der Waals surface area contributed by atoms with Gasteiger partial charge < -0.3 is 36.6 Å². The number of amides is 4. The van der Waals surface area contributed by atoms with E-state index >= 15 is 0 Å². The van der Waals surface area contributed by atoms with Crippen molar-refractivity contribution in [3.63, 3.8) is 0 Å². The van der Waals surface area contributed by atoms with Crippen LogP contribution in [-0.4, -0.2) is 79.0 Å². The second kappa shape index (κ2) is 26.1. The fourth-order valence-corrected chi connectivity index (χ4v) is 2.54. The van der Waals surface area contributed by atoms with Gasteiger partial charge >= 0.3 is 7.12 Å². The molecule has 7 N–H and O–H groups in total. The Balaban J connectivity index is -0.00000179. The van der Waals surface area contributed by atoms with Gasteiger partial charge in [0, 0.05) is 6.42 Å². The molecule has 37 heavy (non-hydrogen) atoms. The van der Waals surface area contributed by atoms with Crippen LogP contribution in [0.3, 0.4) is 0 Å². The summed E-state index contributed by atoms with van der Waals surface area (Å²) in [7, 11) is -1.72. The molecule has 11 nitrogen and oxygen atoms in total. The number of likely N-dealkylation sites (N-methyl/N-ethyl adjacent to an activating group) is 1. The Kier molecular flexibility index (Phi) is 27.2. The van der Waals surface area contributed by atoms with E-state index in [1.165, 1.54) is 6.92 Å². The van der Waals surface area contributed by atoms with Crippen LogP contribution in [0.2, 0.25) is 0 Å². The second-order valence-corrected chi connectivity index (χ2v) is 6.82. The van der Waals surface area contributed by atoms with Crippen LogP contribution in [0.5, 0.6) is 0 Å². The number of hydrogen-bond acceptors (Lipinski definition) is 7. The Bertz CT molecular complexity index is 738. The Labute approximate surface area is 222 Å². The molecule has 4 amide bonds. The molecule has 1 rings (SSSR count). The van der Waals surface area contributed by atoms with Gasteiger partial charge in [-0.15, -0.1) is 0 Å². The number of benzene rings is 1. The van der Waals surface area contributed by atoms with Crippen LogP contribution in [-0.2, 0) is 25.6 Å². The molecule has 2 atom stereocenters. The Hall–Kier alpha value is -2.96. The van der Waals surface area contributed by atoms with Gasteiger partial charge in [-0.25, -0.2) is 0 Å². The predicted molar refractivity (Wildman–Crippen MR) is 148 cm³/mol. The number of carbonyl (C=O) groups excluding carboxylic acids is 4. The summed E-state index contributed by atoms with van der Waals surface area (Å²) < 4.78 is 0. The van der Waals surface area contributed by atoms with E-state index in [0.717, 1.165) is 5.56 Å². The molecule has 1 aromatic rings. The van der Waals surface area contributed by atoms with E-state index in [-0.39, 0.29) is 25.3 Å². The first-order valence-corrected chi connectivity index (χ1v) is 13.0. The van der Waals surface area contributed by atoms with Crippen molar-refractivity contribution in [1.29, 1.82) is 0 Å². The number of carbonyl (C=O) groups is 4. The monoisotopic (exact) mass is 525 g/mol. The van der Waals surface area contributed by atoms with Crippen molar-refractivity contribution in [2.24, 2.45) is 0 Å². The lowest BCUT2D eigenvalue weighted by molar-refractivity contribution is -0.131. The topological polar surface area (TPSA) is 169 Å². The molecule has 0 heterocycles. The van der Waals surface area contributed by atoms with Crippen molar-refractivity contribution in [2.45, 2.75) is 73.9 Å². The smallest absolute Gasteiger partial charge is 0.426 e. The van der Waals surface area contributed by atoms with E-state index in [1.54, 1.807) is 24.3 Å². The second-order valence-electron chi connectivity index (χ2n) is 6.82. The maximum absolute atomic E-state index is 12.4. The summed E-state index contributed by atoms with van der Waals surface area (Å²) in [4.78, 5) is 48.4. The number of rotatable bonds is 13. The van der Waals surface area contributed by atoms with Gasteiger partial charge in [0.25, 0.3) is 0 Å². The molecule has 0 saturated heterocycles. The molecule has 0 fully saturated rings. The molecule has 0 spiro atoms. The minimum absolute atomic E-state index is 0.0768. The highest BCUT2D eigenvalue weighted by atomic mass is 16.4. The lowest BCUT2D eigenvalue weighted by Crippen LogP contribution is -2.53. The zero-order valence-electron chi connectivity index (χ0n) is 23.7. The quantitative estimate of drug-likeness (QED) is 0.180. The van der Waals surface area contributed by atoms with Crippen molar-refractivity contribution in [1.82, 2.24) is 26.6 Å². The Morgan fingerprint density at radius 1 is 0.811 bits per heavy atom. The third-order valence-corrected chi connectivity index (χ3v) is 4.12. The van der Waals surface area contributed by atoms with E-state index in [4.69, 9.17) is 10.0 Å². The average Bonchev–Trinajstić information content (AvgIpc) is 2.92. The zero-order chi connectivity index (χ0) is 29.2. The van der Waals surface area contributed by atoms with Gasteiger partial charge in [-0.2, -0.15) is 0 Å². The summed E-state index contributed by atoms with van der Waals surface area (Å²) in [5.74, 6) is -2.10. The molecule has 1 aromatic carbocycles. The SMILES string of the molecule is CC.CC.CC.CCNCC(=O)NC(C)C(=O)NCC(=O)NC(Cc1ccccc1)C(=O)NCB(O)O. The molecule has 0 radical (unpaired) electrons. The maximum atomic E-state index is 12.4. The molecule has 12 heteroatoms. The minimum Gasteiger partial charge on any atom is -0.426 e. The minimum atomic E-state index is -1.72.